The first-order valence-electron chi connectivity index (χ1n) is 6.84. The van der Waals surface area contributed by atoms with Gasteiger partial charge in [0.2, 0.25) is 0 Å². The van der Waals surface area contributed by atoms with Gasteiger partial charge in [-0.15, -0.1) is 0 Å². The maximum Gasteiger partial charge on any atom is 0.0645 e. The molecule has 0 saturated carbocycles. The fourth-order valence-electron chi connectivity index (χ4n) is 2.63. The van der Waals surface area contributed by atoms with Crippen LogP contribution in [0.25, 0.3) is 5.69 Å². The summed E-state index contributed by atoms with van der Waals surface area (Å²) in [5, 5.41) is 7.79. The Kier molecular flexibility index (Phi) is 3.62. The van der Waals surface area contributed by atoms with Crippen LogP contribution in [0.4, 0.5) is 0 Å². The van der Waals surface area contributed by atoms with Gasteiger partial charge in [0.25, 0.3) is 0 Å². The molecule has 1 aromatic carbocycles. The molecule has 4 nitrogen and oxygen atoms in total. The Labute approximate surface area is 114 Å². The zero-order chi connectivity index (χ0) is 13.1. The molecule has 1 aromatic heterocycles. The second-order valence-electron chi connectivity index (χ2n) is 5.14. The summed E-state index contributed by atoms with van der Waals surface area (Å²) in [6.07, 6.45) is 5.34. The molecule has 0 amide bonds. The molecule has 0 radical (unpaired) electrons. The number of likely N-dealkylation sites (tertiary alicyclic amines) is 1. The Morgan fingerprint density at radius 2 is 2.16 bits per heavy atom. The van der Waals surface area contributed by atoms with Gasteiger partial charge in [0.05, 0.1) is 11.9 Å². The van der Waals surface area contributed by atoms with Gasteiger partial charge in [0.1, 0.15) is 0 Å². The molecule has 1 unspecified atom stereocenters. The van der Waals surface area contributed by atoms with Crippen molar-refractivity contribution in [3.05, 3.63) is 48.3 Å². The molecule has 0 bridgehead atoms. The maximum atomic E-state index is 4.44. The molecule has 4 heteroatoms. The number of hydrogen-bond acceptors (Lipinski definition) is 3. The molecule has 1 N–H and O–H groups in total. The highest BCUT2D eigenvalue weighted by Crippen LogP contribution is 2.14. The minimum atomic E-state index is 0.643. The Morgan fingerprint density at radius 1 is 1.32 bits per heavy atom. The largest absolute Gasteiger partial charge is 0.316 e. The van der Waals surface area contributed by atoms with Gasteiger partial charge in [-0.3, -0.25) is 4.90 Å². The number of rotatable bonds is 4. The van der Waals surface area contributed by atoms with Crippen molar-refractivity contribution in [2.45, 2.75) is 19.0 Å². The molecule has 1 fully saturated rings. The molecular formula is C15H20N4. The third-order valence-corrected chi connectivity index (χ3v) is 3.74. The van der Waals surface area contributed by atoms with E-state index in [0.717, 1.165) is 18.8 Å². The lowest BCUT2D eigenvalue weighted by molar-refractivity contribution is 0.322. The van der Waals surface area contributed by atoms with E-state index in [1.54, 1.807) is 0 Å². The summed E-state index contributed by atoms with van der Waals surface area (Å²) >= 11 is 0. The van der Waals surface area contributed by atoms with E-state index < -0.39 is 0 Å². The van der Waals surface area contributed by atoms with Gasteiger partial charge in [-0.2, -0.15) is 5.10 Å². The van der Waals surface area contributed by atoms with Crippen LogP contribution < -0.4 is 5.32 Å². The van der Waals surface area contributed by atoms with Crippen LogP contribution in [0.2, 0.25) is 0 Å². The van der Waals surface area contributed by atoms with E-state index in [0.29, 0.717) is 6.04 Å². The smallest absolute Gasteiger partial charge is 0.0645 e. The van der Waals surface area contributed by atoms with Crippen LogP contribution in [0, 0.1) is 0 Å². The highest BCUT2D eigenvalue weighted by Gasteiger charge is 2.21. The summed E-state index contributed by atoms with van der Waals surface area (Å²) in [5.41, 5.74) is 2.39. The van der Waals surface area contributed by atoms with Crippen LogP contribution in [0.1, 0.15) is 12.0 Å². The number of para-hydroxylation sites is 1. The van der Waals surface area contributed by atoms with Gasteiger partial charge >= 0.3 is 0 Å². The molecule has 0 aliphatic carbocycles. The van der Waals surface area contributed by atoms with Crippen molar-refractivity contribution < 1.29 is 0 Å². The first-order valence-corrected chi connectivity index (χ1v) is 6.84. The quantitative estimate of drug-likeness (QED) is 0.903. The average Bonchev–Trinajstić information content (AvgIpc) is 3.09. The van der Waals surface area contributed by atoms with E-state index in [4.69, 9.17) is 0 Å². The van der Waals surface area contributed by atoms with Crippen LogP contribution in [0.3, 0.4) is 0 Å². The number of aromatic nitrogens is 2. The Hall–Kier alpha value is -1.65. The molecule has 1 saturated heterocycles. The van der Waals surface area contributed by atoms with Crippen molar-refractivity contribution in [3.63, 3.8) is 0 Å². The predicted molar refractivity (Wildman–Crippen MR) is 76.3 cm³/mol. The van der Waals surface area contributed by atoms with E-state index in [-0.39, 0.29) is 0 Å². The lowest BCUT2D eigenvalue weighted by Crippen LogP contribution is -2.29. The Morgan fingerprint density at radius 3 is 2.89 bits per heavy atom. The van der Waals surface area contributed by atoms with Gasteiger partial charge < -0.3 is 5.32 Å². The van der Waals surface area contributed by atoms with Crippen LogP contribution in [0.5, 0.6) is 0 Å². The predicted octanol–water partition coefficient (Wildman–Crippen LogP) is 1.67. The van der Waals surface area contributed by atoms with Crippen LogP contribution in [-0.2, 0) is 6.54 Å². The maximum absolute atomic E-state index is 4.44. The number of hydrogen-bond donors (Lipinski definition) is 1. The zero-order valence-electron chi connectivity index (χ0n) is 11.3. The summed E-state index contributed by atoms with van der Waals surface area (Å²) in [6.45, 7) is 3.29. The Balaban J connectivity index is 1.66. The second kappa shape index (κ2) is 5.55. The minimum absolute atomic E-state index is 0.643. The minimum Gasteiger partial charge on any atom is -0.316 e. The van der Waals surface area contributed by atoms with E-state index in [9.17, 15) is 0 Å². The molecule has 100 valence electrons. The van der Waals surface area contributed by atoms with E-state index >= 15 is 0 Å². The molecule has 19 heavy (non-hydrogen) atoms. The van der Waals surface area contributed by atoms with Gasteiger partial charge in [-0.25, -0.2) is 4.68 Å². The van der Waals surface area contributed by atoms with Crippen molar-refractivity contribution >= 4 is 0 Å². The first-order chi connectivity index (χ1) is 9.35. The van der Waals surface area contributed by atoms with Crippen molar-refractivity contribution in [2.75, 3.05) is 20.1 Å². The van der Waals surface area contributed by atoms with Gasteiger partial charge in [0.15, 0.2) is 0 Å². The SMILES string of the molecule is CNC1CCN(Cc2cnn(-c3ccccc3)c2)C1. The number of likely N-dealkylation sites (N-methyl/N-ethyl adjacent to an activating group) is 1. The molecule has 1 aliphatic heterocycles. The normalized spacial score (nSPS) is 19.9. The molecule has 2 aromatic rings. The van der Waals surface area contributed by atoms with Crippen molar-refractivity contribution in [3.8, 4) is 5.69 Å². The molecule has 3 rings (SSSR count). The fraction of sp³-hybridized carbons (Fsp3) is 0.400. The molecule has 1 aliphatic rings. The summed E-state index contributed by atoms with van der Waals surface area (Å²) in [5.74, 6) is 0. The third kappa shape index (κ3) is 2.85. The third-order valence-electron chi connectivity index (χ3n) is 3.74. The van der Waals surface area contributed by atoms with E-state index in [1.807, 2.05) is 36.1 Å². The van der Waals surface area contributed by atoms with E-state index in [1.165, 1.54) is 18.5 Å². The lowest BCUT2D eigenvalue weighted by atomic mass is 10.3. The molecule has 2 heterocycles. The topological polar surface area (TPSA) is 33.1 Å². The van der Waals surface area contributed by atoms with Crippen LogP contribution in [-0.4, -0.2) is 40.9 Å². The standard InChI is InChI=1S/C15H20N4/c1-16-14-7-8-18(12-14)10-13-9-17-19(11-13)15-5-3-2-4-6-15/h2-6,9,11,14,16H,7-8,10,12H2,1H3. The summed E-state index contributed by atoms with van der Waals surface area (Å²) in [4.78, 5) is 2.48. The lowest BCUT2D eigenvalue weighted by Gasteiger charge is -2.14. The van der Waals surface area contributed by atoms with Gasteiger partial charge in [0, 0.05) is 37.4 Å². The molecule has 1 atom stereocenters. The number of nitrogens with zero attached hydrogens (tertiary/aromatic N) is 3. The fourth-order valence-corrected chi connectivity index (χ4v) is 2.63. The molecule has 0 spiro atoms. The summed E-state index contributed by atoms with van der Waals surface area (Å²) in [6, 6.07) is 10.9. The van der Waals surface area contributed by atoms with Gasteiger partial charge in [-0.05, 0) is 25.6 Å². The number of benzene rings is 1. The summed E-state index contributed by atoms with van der Waals surface area (Å²) < 4.78 is 1.95. The van der Waals surface area contributed by atoms with Crippen molar-refractivity contribution in [1.29, 1.82) is 0 Å². The highest BCUT2D eigenvalue weighted by atomic mass is 15.3. The van der Waals surface area contributed by atoms with Crippen molar-refractivity contribution in [2.24, 2.45) is 0 Å². The number of nitrogens with one attached hydrogen (secondary N) is 1. The summed E-state index contributed by atoms with van der Waals surface area (Å²) in [7, 11) is 2.04. The van der Waals surface area contributed by atoms with Crippen LogP contribution >= 0.6 is 0 Å². The van der Waals surface area contributed by atoms with Crippen LogP contribution in [0.15, 0.2) is 42.7 Å². The second-order valence-corrected chi connectivity index (χ2v) is 5.14. The molecular weight excluding hydrogens is 236 g/mol. The van der Waals surface area contributed by atoms with Gasteiger partial charge in [-0.1, -0.05) is 18.2 Å². The first kappa shape index (κ1) is 12.4. The Bertz CT molecular complexity index is 520. The van der Waals surface area contributed by atoms with E-state index in [2.05, 4.69) is 33.6 Å². The average molecular weight is 256 g/mol. The van der Waals surface area contributed by atoms with Crippen molar-refractivity contribution in [1.82, 2.24) is 20.0 Å². The monoisotopic (exact) mass is 256 g/mol. The highest BCUT2D eigenvalue weighted by molar-refractivity contribution is 5.30. The zero-order valence-corrected chi connectivity index (χ0v) is 11.3.